The maximum atomic E-state index is 13.0. The van der Waals surface area contributed by atoms with Crippen LogP contribution in [0.4, 0.5) is 0 Å². The maximum absolute atomic E-state index is 13.0. The number of benzene rings is 2. The molecular formula is C22H24N2O3. The minimum absolute atomic E-state index is 0.0169. The summed E-state index contributed by atoms with van der Waals surface area (Å²) >= 11 is 0. The summed E-state index contributed by atoms with van der Waals surface area (Å²) in [6.07, 6.45) is 1.99. The van der Waals surface area contributed by atoms with Gasteiger partial charge < -0.3 is 14.9 Å². The Morgan fingerprint density at radius 2 is 1.56 bits per heavy atom. The molecule has 2 amide bonds. The van der Waals surface area contributed by atoms with E-state index in [1.54, 1.807) is 24.3 Å². The first-order valence-corrected chi connectivity index (χ1v) is 9.51. The number of nitrogens with zero attached hydrogens (tertiary/aromatic N) is 2. The summed E-state index contributed by atoms with van der Waals surface area (Å²) in [5.74, 6) is 0.384. The molecule has 2 bridgehead atoms. The van der Waals surface area contributed by atoms with Gasteiger partial charge >= 0.3 is 0 Å². The Labute approximate surface area is 159 Å². The Bertz CT molecular complexity index is 819. The van der Waals surface area contributed by atoms with E-state index in [9.17, 15) is 14.7 Å². The van der Waals surface area contributed by atoms with Crippen molar-refractivity contribution in [2.45, 2.75) is 25.5 Å². The number of fused-ring (bicyclic) bond motifs is 4. The zero-order valence-electron chi connectivity index (χ0n) is 15.3. The number of carbonyl (C=O) groups is 2. The van der Waals surface area contributed by atoms with E-state index in [2.05, 4.69) is 0 Å². The molecular weight excluding hydrogens is 340 g/mol. The van der Waals surface area contributed by atoms with Crippen LogP contribution < -0.4 is 0 Å². The number of carbonyl (C=O) groups excluding carboxylic acids is 2. The predicted molar refractivity (Wildman–Crippen MR) is 102 cm³/mol. The Balaban J connectivity index is 1.52. The molecule has 0 saturated carbocycles. The molecule has 2 aromatic rings. The van der Waals surface area contributed by atoms with Crippen molar-refractivity contribution in [3.05, 3.63) is 71.3 Å². The van der Waals surface area contributed by atoms with E-state index < -0.39 is 0 Å². The van der Waals surface area contributed by atoms with Crippen LogP contribution in [0.5, 0.6) is 0 Å². The van der Waals surface area contributed by atoms with Crippen LogP contribution >= 0.6 is 0 Å². The van der Waals surface area contributed by atoms with E-state index >= 15 is 0 Å². The minimum atomic E-state index is -0.0283. The van der Waals surface area contributed by atoms with E-state index in [1.165, 1.54) is 0 Å². The highest BCUT2D eigenvalue weighted by Crippen LogP contribution is 2.30. The van der Waals surface area contributed by atoms with Crippen LogP contribution in [0.15, 0.2) is 54.6 Å². The maximum Gasteiger partial charge on any atom is 0.254 e. The number of hydrogen-bond acceptors (Lipinski definition) is 3. The first-order chi connectivity index (χ1) is 13.2. The van der Waals surface area contributed by atoms with Gasteiger partial charge in [0.15, 0.2) is 0 Å². The monoisotopic (exact) mass is 364 g/mol. The Morgan fingerprint density at radius 1 is 0.852 bits per heavy atom. The summed E-state index contributed by atoms with van der Waals surface area (Å²) in [5, 5.41) is 9.18. The zero-order chi connectivity index (χ0) is 18.8. The van der Waals surface area contributed by atoms with Crippen molar-refractivity contribution in [3.63, 3.8) is 0 Å². The van der Waals surface area contributed by atoms with Gasteiger partial charge in [0.2, 0.25) is 0 Å². The molecule has 5 rings (SSSR count). The standard InChI is InChI=1S/C22H24N2O3/c25-15-16-6-9-19(10-7-16)22(27)24-13-17-8-11-20(24)14-23(12-17)21(26)18-4-2-1-3-5-18/h1-7,9-10,17,20,25H,8,11-15H2/t17-,20+/m0/s1. The number of hydrogen-bond donors (Lipinski definition) is 1. The average molecular weight is 364 g/mol. The van der Waals surface area contributed by atoms with E-state index in [4.69, 9.17) is 0 Å². The lowest BCUT2D eigenvalue weighted by Crippen LogP contribution is -2.47. The smallest absolute Gasteiger partial charge is 0.254 e. The van der Waals surface area contributed by atoms with Crippen LogP contribution in [0.3, 0.4) is 0 Å². The Kier molecular flexibility index (Phi) is 4.94. The van der Waals surface area contributed by atoms with Crippen LogP contribution in [-0.2, 0) is 6.61 Å². The van der Waals surface area contributed by atoms with Crippen LogP contribution in [-0.4, -0.2) is 52.4 Å². The molecule has 0 spiro atoms. The third-order valence-corrected chi connectivity index (χ3v) is 5.67. The molecule has 2 atom stereocenters. The summed E-state index contributed by atoms with van der Waals surface area (Å²) in [5.41, 5.74) is 2.14. The van der Waals surface area contributed by atoms with Gasteiger partial charge in [-0.3, -0.25) is 9.59 Å². The normalized spacial score (nSPS) is 21.8. The molecule has 0 aliphatic carbocycles. The molecule has 27 heavy (non-hydrogen) atoms. The molecule has 5 heteroatoms. The first-order valence-electron chi connectivity index (χ1n) is 9.51. The molecule has 1 N–H and O–H groups in total. The van der Waals surface area contributed by atoms with Gasteiger partial charge in [0, 0.05) is 36.8 Å². The second-order valence-corrected chi connectivity index (χ2v) is 7.49. The number of aliphatic hydroxyl groups excluding tert-OH is 1. The molecule has 5 nitrogen and oxygen atoms in total. The third kappa shape index (κ3) is 3.60. The van der Waals surface area contributed by atoms with E-state index in [1.807, 2.05) is 40.1 Å². The number of piperidine rings is 1. The van der Waals surface area contributed by atoms with Crippen molar-refractivity contribution < 1.29 is 14.7 Å². The molecule has 0 aromatic heterocycles. The van der Waals surface area contributed by atoms with Crippen molar-refractivity contribution in [1.29, 1.82) is 0 Å². The number of amides is 2. The summed E-state index contributed by atoms with van der Waals surface area (Å²) in [4.78, 5) is 29.8. The fourth-order valence-corrected chi connectivity index (χ4v) is 4.18. The quantitative estimate of drug-likeness (QED) is 0.911. The topological polar surface area (TPSA) is 60.9 Å². The van der Waals surface area contributed by atoms with Gasteiger partial charge in [-0.2, -0.15) is 0 Å². The van der Waals surface area contributed by atoms with Crippen molar-refractivity contribution >= 4 is 11.8 Å². The second kappa shape index (κ2) is 7.53. The van der Waals surface area contributed by atoms with Crippen LogP contribution in [0.2, 0.25) is 0 Å². The summed E-state index contributed by atoms with van der Waals surface area (Å²) < 4.78 is 0. The van der Waals surface area contributed by atoms with Crippen molar-refractivity contribution in [1.82, 2.24) is 9.80 Å². The zero-order valence-corrected chi connectivity index (χ0v) is 15.3. The van der Waals surface area contributed by atoms with Crippen LogP contribution in [0, 0.1) is 5.92 Å². The first kappa shape index (κ1) is 17.7. The van der Waals surface area contributed by atoms with Crippen molar-refractivity contribution in [2.75, 3.05) is 19.6 Å². The largest absolute Gasteiger partial charge is 0.392 e. The van der Waals surface area contributed by atoms with Gasteiger partial charge in [0.05, 0.1) is 6.61 Å². The summed E-state index contributed by atoms with van der Waals surface area (Å²) in [7, 11) is 0. The van der Waals surface area contributed by atoms with Gasteiger partial charge in [-0.15, -0.1) is 0 Å². The van der Waals surface area contributed by atoms with Gasteiger partial charge in [0.1, 0.15) is 0 Å². The lowest BCUT2D eigenvalue weighted by atomic mass is 9.94. The molecule has 3 saturated heterocycles. The Morgan fingerprint density at radius 3 is 2.26 bits per heavy atom. The van der Waals surface area contributed by atoms with Crippen LogP contribution in [0.25, 0.3) is 0 Å². The molecule has 3 fully saturated rings. The van der Waals surface area contributed by atoms with Gasteiger partial charge in [-0.1, -0.05) is 30.3 Å². The molecule has 2 aromatic carbocycles. The highest BCUT2D eigenvalue weighted by molar-refractivity contribution is 5.96. The third-order valence-electron chi connectivity index (χ3n) is 5.67. The predicted octanol–water partition coefficient (Wildman–Crippen LogP) is 2.56. The molecule has 140 valence electrons. The van der Waals surface area contributed by atoms with Crippen molar-refractivity contribution in [2.24, 2.45) is 5.92 Å². The minimum Gasteiger partial charge on any atom is -0.392 e. The van der Waals surface area contributed by atoms with E-state index in [-0.39, 0.29) is 24.5 Å². The van der Waals surface area contributed by atoms with E-state index in [0.717, 1.165) is 18.4 Å². The molecule has 3 aliphatic rings. The Hall–Kier alpha value is -2.66. The molecule has 0 radical (unpaired) electrons. The molecule has 3 heterocycles. The lowest BCUT2D eigenvalue weighted by molar-refractivity contribution is 0.0574. The number of aliphatic hydroxyl groups is 1. The SMILES string of the molecule is O=C(c1ccccc1)N1C[C@@H]2CC[C@H](C1)N(C(=O)c1ccc(CO)cc1)C2. The van der Waals surface area contributed by atoms with Gasteiger partial charge in [-0.05, 0) is 48.6 Å². The summed E-state index contributed by atoms with van der Waals surface area (Å²) in [6.45, 7) is 1.96. The highest BCUT2D eigenvalue weighted by Gasteiger charge is 2.38. The molecule has 0 unspecified atom stereocenters. The molecule has 3 aliphatic heterocycles. The highest BCUT2D eigenvalue weighted by atomic mass is 16.3. The fraction of sp³-hybridized carbons (Fsp3) is 0.364. The fourth-order valence-electron chi connectivity index (χ4n) is 4.18. The van der Waals surface area contributed by atoms with Gasteiger partial charge in [0.25, 0.3) is 11.8 Å². The van der Waals surface area contributed by atoms with E-state index in [0.29, 0.717) is 36.7 Å². The average Bonchev–Trinajstić information content (AvgIpc) is 3.05. The van der Waals surface area contributed by atoms with Gasteiger partial charge in [-0.25, -0.2) is 0 Å². The summed E-state index contributed by atoms with van der Waals surface area (Å²) in [6, 6.07) is 16.5. The van der Waals surface area contributed by atoms with Crippen molar-refractivity contribution in [3.8, 4) is 0 Å². The number of rotatable bonds is 3. The van der Waals surface area contributed by atoms with Crippen LogP contribution in [0.1, 0.15) is 39.1 Å². The lowest BCUT2D eigenvalue weighted by Gasteiger charge is -2.36. The second-order valence-electron chi connectivity index (χ2n) is 7.49.